The van der Waals surface area contributed by atoms with Crippen molar-refractivity contribution in [2.45, 2.75) is 12.6 Å². The zero-order chi connectivity index (χ0) is 5.70. The molecule has 0 rings (SSSR count). The highest BCUT2D eigenvalue weighted by atomic mass is 19.1. The fourth-order valence-electron chi connectivity index (χ4n) is 0.215. The molecule has 0 spiro atoms. The maximum absolute atomic E-state index is 11.7. The van der Waals surface area contributed by atoms with Crippen LogP contribution >= 0.6 is 0 Å². The number of allylic oxidation sites excluding steroid dienone is 1. The Morgan fingerprint density at radius 2 is 2.43 bits per heavy atom. The van der Waals surface area contributed by atoms with Crippen molar-refractivity contribution in [1.29, 1.82) is 0 Å². The Balaban J connectivity index is 3.15. The van der Waals surface area contributed by atoms with E-state index in [4.69, 9.17) is 0 Å². The Kier molecular flexibility index (Phi) is 3.19. The maximum Gasteiger partial charge on any atom is 0.158 e. The van der Waals surface area contributed by atoms with E-state index >= 15 is 0 Å². The van der Waals surface area contributed by atoms with Crippen LogP contribution in [-0.2, 0) is 4.79 Å². The summed E-state index contributed by atoms with van der Waals surface area (Å²) >= 11 is 0. The first-order valence-electron chi connectivity index (χ1n) is 2.01. The highest BCUT2D eigenvalue weighted by Crippen LogP contribution is 1.91. The van der Waals surface area contributed by atoms with Gasteiger partial charge >= 0.3 is 0 Å². The first-order valence-corrected chi connectivity index (χ1v) is 2.01. The van der Waals surface area contributed by atoms with Crippen molar-refractivity contribution in [3.63, 3.8) is 0 Å². The molecule has 0 aromatic heterocycles. The highest BCUT2D eigenvalue weighted by Gasteiger charge is 1.96. The van der Waals surface area contributed by atoms with E-state index < -0.39 is 6.17 Å². The quantitative estimate of drug-likeness (QED) is 0.385. The number of hydrogen-bond acceptors (Lipinski definition) is 1. The van der Waals surface area contributed by atoms with E-state index in [0.717, 1.165) is 0 Å². The summed E-state index contributed by atoms with van der Waals surface area (Å²) in [5.41, 5.74) is 0. The number of carbonyl (C=O) groups excluding carboxylic acids is 1. The lowest BCUT2D eigenvalue weighted by Gasteiger charge is -1.87. The summed E-state index contributed by atoms with van der Waals surface area (Å²) in [6.45, 7) is 3.25. The van der Waals surface area contributed by atoms with Crippen molar-refractivity contribution < 1.29 is 9.18 Å². The van der Waals surface area contributed by atoms with Crippen molar-refractivity contribution in [3.8, 4) is 0 Å². The minimum absolute atomic E-state index is 0.128. The predicted octanol–water partition coefficient (Wildman–Crippen LogP) is 1.10. The number of carbonyl (C=O) groups is 1. The van der Waals surface area contributed by atoms with E-state index in [0.29, 0.717) is 0 Å². The number of halogens is 1. The molecule has 0 fully saturated rings. The van der Waals surface area contributed by atoms with Gasteiger partial charge in [0.05, 0.1) is 0 Å². The number of rotatable bonds is 3. The lowest BCUT2D eigenvalue weighted by Crippen LogP contribution is -1.96. The van der Waals surface area contributed by atoms with Crippen LogP contribution in [0.2, 0.25) is 0 Å². The van der Waals surface area contributed by atoms with Crippen LogP contribution in [0.25, 0.3) is 0 Å². The van der Waals surface area contributed by atoms with Gasteiger partial charge in [-0.3, -0.25) is 0 Å². The molecule has 0 N–H and O–H groups in total. The Morgan fingerprint density at radius 3 is 2.57 bits per heavy atom. The Hall–Kier alpha value is -0.660. The van der Waals surface area contributed by atoms with Gasteiger partial charge in [0.1, 0.15) is 0 Å². The predicted molar refractivity (Wildman–Crippen MR) is 25.8 cm³/mol. The molecule has 0 aliphatic rings. The van der Waals surface area contributed by atoms with Gasteiger partial charge in [-0.15, -0.1) is 6.58 Å². The average molecular weight is 102 g/mol. The van der Waals surface area contributed by atoms with E-state index in [1.165, 1.54) is 6.08 Å². The fourth-order valence-corrected chi connectivity index (χ4v) is 0.215. The van der Waals surface area contributed by atoms with Gasteiger partial charge in [-0.2, -0.15) is 0 Å². The van der Waals surface area contributed by atoms with Crippen molar-refractivity contribution in [2.24, 2.45) is 0 Å². The lowest BCUT2D eigenvalue weighted by molar-refractivity contribution is -0.111. The second kappa shape index (κ2) is 3.53. The summed E-state index contributed by atoms with van der Waals surface area (Å²) in [4.78, 5) is 9.47. The average Bonchev–Trinajstić information content (AvgIpc) is 1.68. The minimum Gasteiger partial charge on any atom is -0.300 e. The molecule has 0 aromatic rings. The van der Waals surface area contributed by atoms with Crippen LogP contribution in [0.5, 0.6) is 0 Å². The summed E-state index contributed by atoms with van der Waals surface area (Å²) in [5.74, 6) is 0. The van der Waals surface area contributed by atoms with Gasteiger partial charge in [0.2, 0.25) is 0 Å². The fraction of sp³-hybridized carbons (Fsp3) is 0.400. The van der Waals surface area contributed by atoms with Crippen LogP contribution in [0.4, 0.5) is 4.39 Å². The molecule has 0 heterocycles. The van der Waals surface area contributed by atoms with Gasteiger partial charge in [-0.05, 0) is 0 Å². The van der Waals surface area contributed by atoms with Gasteiger partial charge < -0.3 is 4.79 Å². The van der Waals surface area contributed by atoms with Crippen molar-refractivity contribution in [3.05, 3.63) is 12.7 Å². The standard InChI is InChI=1S/C5H7FO/c1-2-3-5(6)4-7/h2,4-5H,1,3H2/t5-/m1/s1. The maximum atomic E-state index is 11.7. The van der Waals surface area contributed by atoms with Gasteiger partial charge in [0, 0.05) is 6.42 Å². The third-order valence-electron chi connectivity index (χ3n) is 0.539. The van der Waals surface area contributed by atoms with E-state index in [1.54, 1.807) is 0 Å². The molecule has 7 heavy (non-hydrogen) atoms. The summed E-state index contributed by atoms with van der Waals surface area (Å²) < 4.78 is 11.7. The molecule has 2 heteroatoms. The second-order valence-electron chi connectivity index (χ2n) is 1.18. The molecule has 0 saturated heterocycles. The third-order valence-corrected chi connectivity index (χ3v) is 0.539. The summed E-state index contributed by atoms with van der Waals surface area (Å²) in [7, 11) is 0. The second-order valence-corrected chi connectivity index (χ2v) is 1.18. The topological polar surface area (TPSA) is 17.1 Å². The van der Waals surface area contributed by atoms with Crippen molar-refractivity contribution >= 4 is 6.29 Å². The van der Waals surface area contributed by atoms with Gasteiger partial charge in [0.15, 0.2) is 12.5 Å². The molecule has 0 bridgehead atoms. The van der Waals surface area contributed by atoms with E-state index in [2.05, 4.69) is 6.58 Å². The molecule has 40 valence electrons. The van der Waals surface area contributed by atoms with Gasteiger partial charge in [0.25, 0.3) is 0 Å². The SMILES string of the molecule is C=CC[C@@H](F)C=O. The van der Waals surface area contributed by atoms with E-state index in [-0.39, 0.29) is 12.7 Å². The molecular formula is C5H7FO. The zero-order valence-electron chi connectivity index (χ0n) is 3.93. The van der Waals surface area contributed by atoms with Crippen LogP contribution in [0, 0.1) is 0 Å². The first kappa shape index (κ1) is 6.34. The molecule has 0 radical (unpaired) electrons. The van der Waals surface area contributed by atoms with E-state index in [1.807, 2.05) is 0 Å². The molecule has 0 aromatic carbocycles. The third kappa shape index (κ3) is 3.16. The smallest absolute Gasteiger partial charge is 0.158 e. The Morgan fingerprint density at radius 1 is 1.86 bits per heavy atom. The Bertz CT molecular complexity index is 70.5. The van der Waals surface area contributed by atoms with Crippen LogP contribution < -0.4 is 0 Å². The van der Waals surface area contributed by atoms with Gasteiger partial charge in [-0.1, -0.05) is 6.08 Å². The summed E-state index contributed by atoms with van der Waals surface area (Å²) in [6.07, 6.45) is 0.419. The largest absolute Gasteiger partial charge is 0.300 e. The molecule has 0 aliphatic carbocycles. The first-order chi connectivity index (χ1) is 3.31. The Labute approximate surface area is 41.8 Å². The highest BCUT2D eigenvalue weighted by molar-refractivity contribution is 5.55. The summed E-state index contributed by atoms with van der Waals surface area (Å²) in [6, 6.07) is 0. The molecule has 0 unspecified atom stereocenters. The minimum atomic E-state index is -1.35. The molecule has 0 aliphatic heterocycles. The number of alkyl halides is 1. The van der Waals surface area contributed by atoms with Crippen LogP contribution in [-0.4, -0.2) is 12.5 Å². The van der Waals surface area contributed by atoms with Crippen LogP contribution in [0.15, 0.2) is 12.7 Å². The molecule has 0 amide bonds. The van der Waals surface area contributed by atoms with Gasteiger partial charge in [-0.25, -0.2) is 4.39 Å². The van der Waals surface area contributed by atoms with Crippen molar-refractivity contribution in [1.82, 2.24) is 0 Å². The van der Waals surface area contributed by atoms with Crippen LogP contribution in [0.1, 0.15) is 6.42 Å². The van der Waals surface area contributed by atoms with Crippen LogP contribution in [0.3, 0.4) is 0 Å². The van der Waals surface area contributed by atoms with E-state index in [9.17, 15) is 9.18 Å². The number of aldehydes is 1. The zero-order valence-corrected chi connectivity index (χ0v) is 3.93. The molecular weight excluding hydrogens is 95.1 g/mol. The molecule has 1 nitrogen and oxygen atoms in total. The number of hydrogen-bond donors (Lipinski definition) is 0. The van der Waals surface area contributed by atoms with Crippen molar-refractivity contribution in [2.75, 3.05) is 0 Å². The summed E-state index contributed by atoms with van der Waals surface area (Å²) in [5, 5.41) is 0. The lowest BCUT2D eigenvalue weighted by atomic mass is 10.3. The molecule has 1 atom stereocenters. The molecule has 0 saturated carbocycles. The normalized spacial score (nSPS) is 12.7. The monoisotopic (exact) mass is 102 g/mol.